The molecule has 3 heterocycles. The van der Waals surface area contributed by atoms with E-state index in [1.165, 1.54) is 5.56 Å². The van der Waals surface area contributed by atoms with E-state index in [-0.39, 0.29) is 23.9 Å². The summed E-state index contributed by atoms with van der Waals surface area (Å²) in [7, 11) is 0. The number of hydrogen-bond donors (Lipinski definition) is 0. The molecule has 0 unspecified atom stereocenters. The molecule has 0 saturated carbocycles. The number of fused-ring (bicyclic) bond motifs is 1. The van der Waals surface area contributed by atoms with E-state index in [0.29, 0.717) is 45.9 Å². The van der Waals surface area contributed by atoms with Crippen molar-refractivity contribution in [1.82, 2.24) is 14.7 Å². The van der Waals surface area contributed by atoms with Gasteiger partial charge in [0.05, 0.1) is 6.04 Å². The predicted octanol–water partition coefficient (Wildman–Crippen LogP) is 1.87. The lowest BCUT2D eigenvalue weighted by Gasteiger charge is -2.38. The van der Waals surface area contributed by atoms with E-state index in [1.54, 1.807) is 0 Å². The second-order valence-electron chi connectivity index (χ2n) is 7.67. The molecule has 6 nitrogen and oxygen atoms in total. The van der Waals surface area contributed by atoms with Crippen molar-refractivity contribution in [2.75, 3.05) is 39.4 Å². The minimum atomic E-state index is 0.0936. The molecule has 4 rings (SSSR count). The van der Waals surface area contributed by atoms with Crippen molar-refractivity contribution in [3.63, 3.8) is 0 Å². The highest BCUT2D eigenvalue weighted by atomic mass is 16.5. The molecular weight excluding hydrogens is 330 g/mol. The molecule has 1 aromatic rings. The molecule has 1 aromatic carbocycles. The fourth-order valence-electron chi connectivity index (χ4n) is 4.23. The van der Waals surface area contributed by atoms with Gasteiger partial charge in [-0.2, -0.15) is 0 Å². The third kappa shape index (κ3) is 3.43. The van der Waals surface area contributed by atoms with Gasteiger partial charge in [0.1, 0.15) is 0 Å². The smallest absolute Gasteiger partial charge is 0.320 e. The summed E-state index contributed by atoms with van der Waals surface area (Å²) in [5, 5.41) is 0. The van der Waals surface area contributed by atoms with E-state index in [9.17, 15) is 9.59 Å². The van der Waals surface area contributed by atoms with E-state index < -0.39 is 0 Å². The van der Waals surface area contributed by atoms with E-state index in [1.807, 2.05) is 14.7 Å². The van der Waals surface area contributed by atoms with Crippen molar-refractivity contribution in [2.45, 2.75) is 32.4 Å². The zero-order valence-corrected chi connectivity index (χ0v) is 15.4. The highest BCUT2D eigenvalue weighted by Crippen LogP contribution is 2.25. The Labute approximate surface area is 154 Å². The number of rotatable bonds is 3. The average molecular weight is 357 g/mol. The van der Waals surface area contributed by atoms with Crippen LogP contribution in [0.25, 0.3) is 0 Å². The molecule has 0 spiro atoms. The molecule has 3 saturated heterocycles. The highest BCUT2D eigenvalue weighted by Gasteiger charge is 2.42. The van der Waals surface area contributed by atoms with Gasteiger partial charge in [-0.3, -0.25) is 4.79 Å². The van der Waals surface area contributed by atoms with Gasteiger partial charge in [0, 0.05) is 51.9 Å². The van der Waals surface area contributed by atoms with Gasteiger partial charge in [-0.1, -0.05) is 29.8 Å². The van der Waals surface area contributed by atoms with E-state index in [2.05, 4.69) is 31.2 Å². The van der Waals surface area contributed by atoms with Crippen LogP contribution in [-0.2, 0) is 16.1 Å². The van der Waals surface area contributed by atoms with Crippen LogP contribution in [0.3, 0.4) is 0 Å². The first-order chi connectivity index (χ1) is 12.6. The van der Waals surface area contributed by atoms with Crippen LogP contribution < -0.4 is 0 Å². The van der Waals surface area contributed by atoms with Crippen LogP contribution in [0.15, 0.2) is 24.3 Å². The lowest BCUT2D eigenvalue weighted by Crippen LogP contribution is -2.55. The summed E-state index contributed by atoms with van der Waals surface area (Å²) >= 11 is 0. The Bertz CT molecular complexity index is 669. The molecule has 0 N–H and O–H groups in total. The topological polar surface area (TPSA) is 53.1 Å². The lowest BCUT2D eigenvalue weighted by molar-refractivity contribution is -0.140. The number of urea groups is 1. The summed E-state index contributed by atoms with van der Waals surface area (Å²) in [6, 6.07) is 8.55. The van der Waals surface area contributed by atoms with Gasteiger partial charge in [-0.05, 0) is 25.3 Å². The molecule has 0 aromatic heterocycles. The van der Waals surface area contributed by atoms with Crippen LogP contribution in [0, 0.1) is 12.8 Å². The van der Waals surface area contributed by atoms with E-state index in [4.69, 9.17) is 4.74 Å². The Hall–Kier alpha value is -2.08. The number of carbonyl (C=O) groups excluding carboxylic acids is 2. The fraction of sp³-hybridized carbons (Fsp3) is 0.600. The maximum Gasteiger partial charge on any atom is 0.320 e. The molecular formula is C20H27N3O3. The van der Waals surface area contributed by atoms with E-state index in [0.717, 1.165) is 18.4 Å². The van der Waals surface area contributed by atoms with Gasteiger partial charge in [-0.25, -0.2) is 4.79 Å². The molecule has 3 amide bonds. The number of aryl methyl sites for hydroxylation is 1. The standard InChI is InChI=1S/C20H27N3O3/c1-15-2-4-16(5-3-15)12-22-14-18-13-21(8-9-23(18)20(22)25)19(24)17-6-10-26-11-7-17/h2-5,17-18H,6-14H2,1H3/t18-/m1/s1. The van der Waals surface area contributed by atoms with Crippen molar-refractivity contribution in [1.29, 1.82) is 0 Å². The zero-order chi connectivity index (χ0) is 18.1. The summed E-state index contributed by atoms with van der Waals surface area (Å²) < 4.78 is 5.37. The molecule has 0 aliphatic carbocycles. The van der Waals surface area contributed by atoms with Crippen molar-refractivity contribution in [3.05, 3.63) is 35.4 Å². The van der Waals surface area contributed by atoms with Gasteiger partial charge < -0.3 is 19.4 Å². The monoisotopic (exact) mass is 357 g/mol. The number of nitrogens with zero attached hydrogens (tertiary/aromatic N) is 3. The fourth-order valence-corrected chi connectivity index (χ4v) is 4.23. The molecule has 3 aliphatic heterocycles. The van der Waals surface area contributed by atoms with Crippen molar-refractivity contribution in [2.24, 2.45) is 5.92 Å². The first-order valence-corrected chi connectivity index (χ1v) is 9.59. The SMILES string of the molecule is Cc1ccc(CN2C[C@H]3CN(C(=O)C4CCOCC4)CCN3C2=O)cc1. The number of amides is 3. The molecule has 26 heavy (non-hydrogen) atoms. The maximum atomic E-state index is 12.8. The molecule has 0 bridgehead atoms. The summed E-state index contributed by atoms with van der Waals surface area (Å²) in [5.74, 6) is 0.341. The Morgan fingerprint density at radius 2 is 1.85 bits per heavy atom. The van der Waals surface area contributed by atoms with Crippen molar-refractivity contribution < 1.29 is 14.3 Å². The third-order valence-corrected chi connectivity index (χ3v) is 5.81. The van der Waals surface area contributed by atoms with Crippen LogP contribution >= 0.6 is 0 Å². The first-order valence-electron chi connectivity index (χ1n) is 9.59. The Kier molecular flexibility index (Phi) is 4.85. The number of hydrogen-bond acceptors (Lipinski definition) is 3. The molecule has 0 radical (unpaired) electrons. The van der Waals surface area contributed by atoms with E-state index >= 15 is 0 Å². The van der Waals surface area contributed by atoms with Gasteiger partial charge in [0.2, 0.25) is 5.91 Å². The number of ether oxygens (including phenoxy) is 1. The molecule has 3 fully saturated rings. The quantitative estimate of drug-likeness (QED) is 0.830. The van der Waals surface area contributed by atoms with Crippen LogP contribution in [0.4, 0.5) is 4.79 Å². The van der Waals surface area contributed by atoms with Gasteiger partial charge in [-0.15, -0.1) is 0 Å². The Morgan fingerprint density at radius 1 is 1.12 bits per heavy atom. The third-order valence-electron chi connectivity index (χ3n) is 5.81. The number of carbonyl (C=O) groups is 2. The number of benzene rings is 1. The predicted molar refractivity (Wildman–Crippen MR) is 97.6 cm³/mol. The van der Waals surface area contributed by atoms with Crippen LogP contribution in [-0.4, -0.2) is 72.1 Å². The second-order valence-corrected chi connectivity index (χ2v) is 7.67. The highest BCUT2D eigenvalue weighted by molar-refractivity contribution is 5.81. The summed E-state index contributed by atoms with van der Waals surface area (Å²) in [6.45, 7) is 6.72. The lowest BCUT2D eigenvalue weighted by atomic mass is 9.98. The number of piperazine rings is 1. The minimum Gasteiger partial charge on any atom is -0.381 e. The average Bonchev–Trinajstić information content (AvgIpc) is 2.98. The maximum absolute atomic E-state index is 12.8. The summed E-state index contributed by atoms with van der Waals surface area (Å²) in [5.41, 5.74) is 2.38. The second kappa shape index (κ2) is 7.27. The van der Waals surface area contributed by atoms with Crippen LogP contribution in [0.2, 0.25) is 0 Å². The molecule has 140 valence electrons. The van der Waals surface area contributed by atoms with Crippen molar-refractivity contribution in [3.8, 4) is 0 Å². The Balaban J connectivity index is 1.38. The minimum absolute atomic E-state index is 0.0936. The zero-order valence-electron chi connectivity index (χ0n) is 15.4. The molecule has 3 aliphatic rings. The van der Waals surface area contributed by atoms with Crippen LogP contribution in [0.5, 0.6) is 0 Å². The van der Waals surface area contributed by atoms with Crippen LogP contribution in [0.1, 0.15) is 24.0 Å². The summed E-state index contributed by atoms with van der Waals surface area (Å²) in [6.07, 6.45) is 1.64. The first kappa shape index (κ1) is 17.3. The van der Waals surface area contributed by atoms with Gasteiger partial charge >= 0.3 is 6.03 Å². The van der Waals surface area contributed by atoms with Crippen molar-refractivity contribution >= 4 is 11.9 Å². The molecule has 6 heteroatoms. The Morgan fingerprint density at radius 3 is 2.58 bits per heavy atom. The molecule has 1 atom stereocenters. The summed E-state index contributed by atoms with van der Waals surface area (Å²) in [4.78, 5) is 31.3. The largest absolute Gasteiger partial charge is 0.381 e. The normalized spacial score (nSPS) is 24.1. The van der Waals surface area contributed by atoms with Gasteiger partial charge in [0.15, 0.2) is 0 Å². The van der Waals surface area contributed by atoms with Gasteiger partial charge in [0.25, 0.3) is 0 Å².